The number of furan rings is 2. The molecule has 46 heavy (non-hydrogen) atoms. The number of amides is 1. The Balaban J connectivity index is 1.27. The minimum Gasteiger partial charge on any atom is -0.468 e. The van der Waals surface area contributed by atoms with Crippen LogP contribution in [0.3, 0.4) is 0 Å². The molecule has 0 aliphatic heterocycles. The Morgan fingerprint density at radius 2 is 1.35 bits per heavy atom. The van der Waals surface area contributed by atoms with Crippen molar-refractivity contribution in [2.75, 3.05) is 6.54 Å². The van der Waals surface area contributed by atoms with E-state index in [9.17, 15) is 21.6 Å². The smallest absolute Gasteiger partial charge is 0.255 e. The summed E-state index contributed by atoms with van der Waals surface area (Å²) < 4.78 is 67.2. The Kier molecular flexibility index (Phi) is 10.3. The minimum absolute atomic E-state index is 0.0340. The topological polar surface area (TPSA) is 142 Å². The largest absolute Gasteiger partial charge is 0.468 e. The summed E-state index contributed by atoms with van der Waals surface area (Å²) in [5, 5.41) is 3.92. The second-order valence-electron chi connectivity index (χ2n) is 10.3. The van der Waals surface area contributed by atoms with E-state index in [1.54, 1.807) is 66.7 Å². The summed E-state index contributed by atoms with van der Waals surface area (Å²) in [4.78, 5) is 13.0. The maximum atomic E-state index is 13.6. The second kappa shape index (κ2) is 14.5. The SMILES string of the molecule is Cc1ccc(S(=O)(=O)N(Cc2ccccc2)Cc2ccc(/C=N\NC(=O)CN(Cc3ccco3)S(=O)(=O)c3ccccc3)o2)cc1. The van der Waals surface area contributed by atoms with Gasteiger partial charge in [0.15, 0.2) is 0 Å². The lowest BCUT2D eigenvalue weighted by molar-refractivity contribution is -0.121. The second-order valence-corrected chi connectivity index (χ2v) is 14.2. The zero-order chi connectivity index (χ0) is 32.6. The maximum Gasteiger partial charge on any atom is 0.255 e. The van der Waals surface area contributed by atoms with E-state index >= 15 is 0 Å². The van der Waals surface area contributed by atoms with Crippen LogP contribution in [-0.4, -0.2) is 44.1 Å². The predicted octanol–water partition coefficient (Wildman–Crippen LogP) is 4.91. The van der Waals surface area contributed by atoms with Crippen LogP contribution in [0.4, 0.5) is 0 Å². The highest BCUT2D eigenvalue weighted by molar-refractivity contribution is 7.89. The van der Waals surface area contributed by atoms with E-state index in [-0.39, 0.29) is 35.2 Å². The van der Waals surface area contributed by atoms with Gasteiger partial charge in [0.1, 0.15) is 17.3 Å². The van der Waals surface area contributed by atoms with Gasteiger partial charge in [0.25, 0.3) is 5.91 Å². The van der Waals surface area contributed by atoms with Gasteiger partial charge in [-0.1, -0.05) is 66.2 Å². The molecule has 0 saturated carbocycles. The third kappa shape index (κ3) is 8.25. The van der Waals surface area contributed by atoms with Crippen LogP contribution in [-0.2, 0) is 44.5 Å². The van der Waals surface area contributed by atoms with E-state index in [1.165, 1.54) is 28.9 Å². The van der Waals surface area contributed by atoms with Gasteiger partial charge in [0.05, 0.1) is 41.9 Å². The molecule has 1 amide bonds. The number of carbonyl (C=O) groups is 1. The van der Waals surface area contributed by atoms with Crippen molar-refractivity contribution in [3.63, 3.8) is 0 Å². The third-order valence-corrected chi connectivity index (χ3v) is 10.5. The van der Waals surface area contributed by atoms with Crippen molar-refractivity contribution < 1.29 is 30.5 Å². The van der Waals surface area contributed by atoms with Crippen molar-refractivity contribution in [3.8, 4) is 0 Å². The van der Waals surface area contributed by atoms with Crippen LogP contribution in [0, 0.1) is 6.92 Å². The number of aryl methyl sites for hydroxylation is 1. The molecule has 0 spiro atoms. The van der Waals surface area contributed by atoms with E-state index in [4.69, 9.17) is 8.83 Å². The van der Waals surface area contributed by atoms with Gasteiger partial charge in [0.2, 0.25) is 20.0 Å². The van der Waals surface area contributed by atoms with Gasteiger partial charge in [-0.05, 0) is 61.0 Å². The lowest BCUT2D eigenvalue weighted by atomic mass is 10.2. The number of hydrogen-bond acceptors (Lipinski definition) is 8. The van der Waals surface area contributed by atoms with Crippen LogP contribution in [0.15, 0.2) is 139 Å². The number of rotatable bonds is 14. The number of hydrogen-bond donors (Lipinski definition) is 1. The molecular weight excluding hydrogens is 629 g/mol. The average molecular weight is 661 g/mol. The zero-order valence-electron chi connectivity index (χ0n) is 24.9. The van der Waals surface area contributed by atoms with Crippen LogP contribution in [0.5, 0.6) is 0 Å². The summed E-state index contributed by atoms with van der Waals surface area (Å²) in [5.41, 5.74) is 4.08. The third-order valence-electron chi connectivity index (χ3n) is 6.87. The lowest BCUT2D eigenvalue weighted by Gasteiger charge is -2.21. The maximum absolute atomic E-state index is 13.6. The van der Waals surface area contributed by atoms with E-state index in [0.717, 1.165) is 15.4 Å². The lowest BCUT2D eigenvalue weighted by Crippen LogP contribution is -2.38. The summed E-state index contributed by atoms with van der Waals surface area (Å²) in [6, 6.07) is 30.1. The van der Waals surface area contributed by atoms with Gasteiger partial charge < -0.3 is 8.83 Å². The Bertz CT molecular complexity index is 1980. The fourth-order valence-corrected chi connectivity index (χ4v) is 7.28. The molecule has 1 N–H and O–H groups in total. The van der Waals surface area contributed by atoms with Crippen molar-refractivity contribution >= 4 is 32.2 Å². The van der Waals surface area contributed by atoms with Crippen molar-refractivity contribution in [1.29, 1.82) is 0 Å². The number of benzene rings is 3. The first-order valence-electron chi connectivity index (χ1n) is 14.2. The van der Waals surface area contributed by atoms with Crippen LogP contribution < -0.4 is 5.43 Å². The molecule has 0 aliphatic carbocycles. The van der Waals surface area contributed by atoms with Crippen molar-refractivity contribution in [3.05, 3.63) is 144 Å². The van der Waals surface area contributed by atoms with Crippen LogP contribution in [0.2, 0.25) is 0 Å². The highest BCUT2D eigenvalue weighted by Crippen LogP contribution is 2.23. The molecule has 0 bridgehead atoms. The molecule has 0 atom stereocenters. The molecule has 0 saturated heterocycles. The van der Waals surface area contributed by atoms with E-state index in [0.29, 0.717) is 11.5 Å². The molecule has 0 unspecified atom stereocenters. The van der Waals surface area contributed by atoms with Crippen molar-refractivity contribution in [2.24, 2.45) is 5.10 Å². The molecule has 0 fully saturated rings. The molecule has 2 heterocycles. The number of nitrogens with one attached hydrogen (secondary N) is 1. The normalized spacial score (nSPS) is 12.2. The molecule has 5 rings (SSSR count). The highest BCUT2D eigenvalue weighted by atomic mass is 32.2. The van der Waals surface area contributed by atoms with Crippen LogP contribution in [0.25, 0.3) is 0 Å². The molecule has 3 aromatic carbocycles. The Morgan fingerprint density at radius 1 is 0.717 bits per heavy atom. The Morgan fingerprint density at radius 3 is 2.02 bits per heavy atom. The molecule has 11 nitrogen and oxygen atoms in total. The summed E-state index contributed by atoms with van der Waals surface area (Å²) in [6.45, 7) is 1.27. The van der Waals surface area contributed by atoms with Gasteiger partial charge in [-0.3, -0.25) is 4.79 Å². The van der Waals surface area contributed by atoms with Crippen molar-refractivity contribution in [2.45, 2.75) is 36.3 Å². The van der Waals surface area contributed by atoms with Gasteiger partial charge in [-0.15, -0.1) is 0 Å². The molecule has 238 valence electrons. The number of sulfonamides is 2. The first-order chi connectivity index (χ1) is 22.1. The monoisotopic (exact) mass is 660 g/mol. The van der Waals surface area contributed by atoms with E-state index in [2.05, 4.69) is 10.5 Å². The molecule has 13 heteroatoms. The quantitative estimate of drug-likeness (QED) is 0.132. The van der Waals surface area contributed by atoms with Gasteiger partial charge in [-0.2, -0.15) is 13.7 Å². The molecule has 0 aliphatic rings. The summed E-state index contributed by atoms with van der Waals surface area (Å²) in [7, 11) is -7.90. The van der Waals surface area contributed by atoms with Crippen molar-refractivity contribution in [1.82, 2.24) is 14.0 Å². The number of carbonyl (C=O) groups excluding carboxylic acids is 1. The summed E-state index contributed by atoms with van der Waals surface area (Å²) >= 11 is 0. The van der Waals surface area contributed by atoms with E-state index in [1.807, 2.05) is 37.3 Å². The standard InChI is InChI=1S/C33H32N4O7S2/c1-26-14-18-32(19-15-26)46(41,42)36(22-27-9-4-2-5-10-27)24-30-17-16-28(44-30)21-34-35-33(38)25-37(23-29-11-8-20-43-29)45(39,40)31-12-6-3-7-13-31/h2-21H,22-25H2,1H3,(H,35,38)/b34-21-. The fourth-order valence-electron chi connectivity index (χ4n) is 4.50. The first-order valence-corrected chi connectivity index (χ1v) is 17.1. The molecule has 2 aromatic heterocycles. The molecule has 0 radical (unpaired) electrons. The molecule has 5 aromatic rings. The van der Waals surface area contributed by atoms with E-state index < -0.39 is 32.5 Å². The number of hydrazone groups is 1. The van der Waals surface area contributed by atoms with Gasteiger partial charge in [0, 0.05) is 6.54 Å². The zero-order valence-corrected chi connectivity index (χ0v) is 26.5. The van der Waals surface area contributed by atoms with Gasteiger partial charge >= 0.3 is 0 Å². The first kappa shape index (κ1) is 32.6. The number of nitrogens with zero attached hydrogens (tertiary/aromatic N) is 3. The van der Waals surface area contributed by atoms with Crippen LogP contribution in [0.1, 0.15) is 28.4 Å². The Labute approximate surface area is 267 Å². The summed E-state index contributed by atoms with van der Waals surface area (Å²) in [5.74, 6) is 0.293. The molecular formula is C33H32N4O7S2. The fraction of sp³-hybridized carbons (Fsp3) is 0.152. The van der Waals surface area contributed by atoms with Gasteiger partial charge in [-0.25, -0.2) is 22.3 Å². The average Bonchev–Trinajstić information content (AvgIpc) is 3.74. The minimum atomic E-state index is -4.03. The Hall–Kier alpha value is -4.82. The summed E-state index contributed by atoms with van der Waals surface area (Å²) in [6.07, 6.45) is 2.67. The predicted molar refractivity (Wildman–Crippen MR) is 171 cm³/mol. The van der Waals surface area contributed by atoms with Crippen LogP contribution >= 0.6 is 0 Å². The highest BCUT2D eigenvalue weighted by Gasteiger charge is 2.28.